The van der Waals surface area contributed by atoms with Crippen molar-refractivity contribution in [3.8, 4) is 0 Å². The fourth-order valence-electron chi connectivity index (χ4n) is 1.99. The number of aromatic nitrogens is 2. The first-order valence-corrected chi connectivity index (χ1v) is 7.70. The molecule has 0 atom stereocenters. The van der Waals surface area contributed by atoms with Crippen molar-refractivity contribution >= 4 is 34.6 Å². The van der Waals surface area contributed by atoms with Crippen LogP contribution in [0.3, 0.4) is 0 Å². The Morgan fingerprint density at radius 3 is 2.70 bits per heavy atom. The first-order valence-electron chi connectivity index (χ1n) is 6.50. The number of halogens is 1. The summed E-state index contributed by atoms with van der Waals surface area (Å²) in [5.74, 6) is 8.41. The highest BCUT2D eigenvalue weighted by Crippen LogP contribution is 2.39. The average Bonchev–Trinajstić information content (AvgIpc) is 3.21. The van der Waals surface area contributed by atoms with Gasteiger partial charge in [-0.05, 0) is 31.9 Å². The minimum Gasteiger partial charge on any atom is -0.365 e. The van der Waals surface area contributed by atoms with Crippen molar-refractivity contribution in [2.75, 3.05) is 10.7 Å². The van der Waals surface area contributed by atoms with E-state index >= 15 is 0 Å². The maximum Gasteiger partial charge on any atom is 0.148 e. The average molecular weight is 310 g/mol. The summed E-state index contributed by atoms with van der Waals surface area (Å²) in [4.78, 5) is 10.3. The smallest absolute Gasteiger partial charge is 0.148 e. The van der Waals surface area contributed by atoms with Crippen molar-refractivity contribution in [1.82, 2.24) is 9.97 Å². The molecule has 0 unspecified atom stereocenters. The van der Waals surface area contributed by atoms with Crippen molar-refractivity contribution in [1.29, 1.82) is 0 Å². The highest BCUT2D eigenvalue weighted by atomic mass is 35.5. The number of hydrazine groups is 1. The molecule has 2 aromatic heterocycles. The number of rotatable bonds is 5. The predicted molar refractivity (Wildman–Crippen MR) is 83.2 cm³/mol. The van der Waals surface area contributed by atoms with Gasteiger partial charge in [0.1, 0.15) is 17.5 Å². The summed E-state index contributed by atoms with van der Waals surface area (Å²) in [5.41, 5.74) is 3.58. The molecule has 0 radical (unpaired) electrons. The fourth-order valence-corrected chi connectivity index (χ4v) is 3.02. The molecular weight excluding hydrogens is 294 g/mol. The first-order chi connectivity index (χ1) is 9.67. The van der Waals surface area contributed by atoms with Crippen molar-refractivity contribution in [3.05, 3.63) is 32.7 Å². The van der Waals surface area contributed by atoms with E-state index in [1.54, 1.807) is 11.3 Å². The van der Waals surface area contributed by atoms with Gasteiger partial charge < -0.3 is 10.7 Å². The van der Waals surface area contributed by atoms with Gasteiger partial charge in [0.15, 0.2) is 0 Å². The summed E-state index contributed by atoms with van der Waals surface area (Å²) in [7, 11) is 0. The first kappa shape index (κ1) is 13.6. The summed E-state index contributed by atoms with van der Waals surface area (Å²) >= 11 is 7.50. The van der Waals surface area contributed by atoms with Crippen LogP contribution >= 0.6 is 22.9 Å². The van der Waals surface area contributed by atoms with Crippen LogP contribution in [0, 0.1) is 6.92 Å². The van der Waals surface area contributed by atoms with Crippen molar-refractivity contribution in [2.45, 2.75) is 32.2 Å². The van der Waals surface area contributed by atoms with Gasteiger partial charge in [-0.15, -0.1) is 11.3 Å². The number of nitrogens with one attached hydrogen (secondary N) is 2. The van der Waals surface area contributed by atoms with Gasteiger partial charge in [-0.25, -0.2) is 15.8 Å². The SMILES string of the molecule is Cc1c(NN)nc(C2CC2)nc1NCc1ccc(Cl)s1. The van der Waals surface area contributed by atoms with Crippen LogP contribution in [0.25, 0.3) is 0 Å². The Bertz CT molecular complexity index is 623. The van der Waals surface area contributed by atoms with Crippen LogP contribution in [0.2, 0.25) is 4.34 Å². The van der Waals surface area contributed by atoms with E-state index in [0.717, 1.165) is 34.4 Å². The highest BCUT2D eigenvalue weighted by molar-refractivity contribution is 7.16. The molecule has 106 valence electrons. The second-order valence-electron chi connectivity index (χ2n) is 4.88. The van der Waals surface area contributed by atoms with E-state index in [0.29, 0.717) is 18.3 Å². The number of nitrogen functional groups attached to an aromatic ring is 1. The molecule has 1 fully saturated rings. The summed E-state index contributed by atoms with van der Waals surface area (Å²) in [6, 6.07) is 3.92. The van der Waals surface area contributed by atoms with Crippen LogP contribution in [-0.4, -0.2) is 9.97 Å². The summed E-state index contributed by atoms with van der Waals surface area (Å²) in [6.45, 7) is 2.65. The predicted octanol–water partition coefficient (Wildman–Crippen LogP) is 3.28. The van der Waals surface area contributed by atoms with Gasteiger partial charge in [0.25, 0.3) is 0 Å². The fraction of sp³-hybridized carbons (Fsp3) is 0.385. The summed E-state index contributed by atoms with van der Waals surface area (Å²) in [5, 5.41) is 3.35. The molecule has 20 heavy (non-hydrogen) atoms. The van der Waals surface area contributed by atoms with Crippen LogP contribution in [0.15, 0.2) is 12.1 Å². The summed E-state index contributed by atoms with van der Waals surface area (Å²) in [6.07, 6.45) is 2.32. The maximum absolute atomic E-state index is 5.93. The maximum atomic E-state index is 5.93. The molecule has 1 aliphatic rings. The van der Waals surface area contributed by atoms with Gasteiger partial charge in [0.05, 0.1) is 10.9 Å². The van der Waals surface area contributed by atoms with E-state index < -0.39 is 0 Å². The Morgan fingerprint density at radius 2 is 2.10 bits per heavy atom. The normalized spacial score (nSPS) is 14.3. The Hall–Kier alpha value is -1.37. The summed E-state index contributed by atoms with van der Waals surface area (Å²) < 4.78 is 0.796. The van der Waals surface area contributed by atoms with Crippen molar-refractivity contribution in [2.24, 2.45) is 5.84 Å². The number of hydrogen-bond acceptors (Lipinski definition) is 6. The standard InChI is InChI=1S/C13H16ClN5S/c1-7-11(16-6-9-4-5-10(14)20-9)17-13(8-2-3-8)18-12(7)19-15/h4-5,8H,2-3,6,15H2,1H3,(H2,16,17,18,19). The van der Waals surface area contributed by atoms with Gasteiger partial charge in [0, 0.05) is 16.4 Å². The molecule has 0 aliphatic heterocycles. The zero-order valence-electron chi connectivity index (χ0n) is 11.1. The molecule has 0 aromatic carbocycles. The number of nitrogens with two attached hydrogens (primary N) is 1. The second kappa shape index (κ2) is 5.55. The van der Waals surface area contributed by atoms with Crippen LogP contribution in [0.1, 0.15) is 35.0 Å². The number of thiophene rings is 1. The lowest BCUT2D eigenvalue weighted by atomic mass is 10.2. The van der Waals surface area contributed by atoms with Crippen LogP contribution in [-0.2, 0) is 6.54 Å². The Balaban J connectivity index is 1.81. The molecule has 1 aliphatic carbocycles. The van der Waals surface area contributed by atoms with Gasteiger partial charge in [-0.3, -0.25) is 0 Å². The van der Waals surface area contributed by atoms with E-state index in [1.165, 1.54) is 4.88 Å². The van der Waals surface area contributed by atoms with Gasteiger partial charge in [0.2, 0.25) is 0 Å². The molecule has 1 saturated carbocycles. The van der Waals surface area contributed by atoms with Crippen molar-refractivity contribution in [3.63, 3.8) is 0 Å². The molecule has 0 saturated heterocycles. The third-order valence-electron chi connectivity index (χ3n) is 3.30. The van der Waals surface area contributed by atoms with Crippen molar-refractivity contribution < 1.29 is 0 Å². The molecule has 4 N–H and O–H groups in total. The van der Waals surface area contributed by atoms with Crippen LogP contribution in [0.4, 0.5) is 11.6 Å². The minimum atomic E-state index is 0.486. The highest BCUT2D eigenvalue weighted by Gasteiger charge is 2.28. The lowest BCUT2D eigenvalue weighted by molar-refractivity contribution is 0.911. The van der Waals surface area contributed by atoms with Gasteiger partial charge >= 0.3 is 0 Å². The molecule has 3 rings (SSSR count). The number of hydrogen-bond donors (Lipinski definition) is 3. The lowest BCUT2D eigenvalue weighted by Crippen LogP contribution is -2.14. The van der Waals surface area contributed by atoms with Crippen LogP contribution in [0.5, 0.6) is 0 Å². The van der Waals surface area contributed by atoms with E-state index in [9.17, 15) is 0 Å². The largest absolute Gasteiger partial charge is 0.365 e. The molecule has 2 aromatic rings. The minimum absolute atomic E-state index is 0.486. The lowest BCUT2D eigenvalue weighted by Gasteiger charge is -2.13. The molecular formula is C13H16ClN5S. The molecule has 5 nitrogen and oxygen atoms in total. The Morgan fingerprint density at radius 1 is 1.35 bits per heavy atom. The third-order valence-corrected chi connectivity index (χ3v) is 4.53. The van der Waals surface area contributed by atoms with E-state index in [1.807, 2.05) is 19.1 Å². The second-order valence-corrected chi connectivity index (χ2v) is 6.68. The van der Waals surface area contributed by atoms with Gasteiger partial charge in [-0.1, -0.05) is 11.6 Å². The quantitative estimate of drug-likeness (QED) is 0.584. The van der Waals surface area contributed by atoms with E-state index in [2.05, 4.69) is 20.7 Å². The Kier molecular flexibility index (Phi) is 3.78. The number of anilines is 2. The monoisotopic (exact) mass is 309 g/mol. The van der Waals surface area contributed by atoms with Crippen LogP contribution < -0.4 is 16.6 Å². The van der Waals surface area contributed by atoms with Gasteiger partial charge in [-0.2, -0.15) is 0 Å². The third kappa shape index (κ3) is 2.87. The molecule has 7 heteroatoms. The van der Waals surface area contributed by atoms with E-state index in [-0.39, 0.29) is 0 Å². The number of nitrogens with zero attached hydrogens (tertiary/aromatic N) is 2. The topological polar surface area (TPSA) is 75.9 Å². The zero-order chi connectivity index (χ0) is 14.1. The molecule has 0 spiro atoms. The molecule has 2 heterocycles. The molecule has 0 amide bonds. The Labute approximate surface area is 126 Å². The zero-order valence-corrected chi connectivity index (χ0v) is 12.7. The van der Waals surface area contributed by atoms with E-state index in [4.69, 9.17) is 17.4 Å². The molecule has 0 bridgehead atoms.